The first-order valence-electron chi connectivity index (χ1n) is 7.05. The van der Waals surface area contributed by atoms with Gasteiger partial charge in [-0.1, -0.05) is 40.4 Å². The van der Waals surface area contributed by atoms with E-state index in [-0.39, 0.29) is 5.95 Å². The van der Waals surface area contributed by atoms with Crippen LogP contribution in [0.2, 0.25) is 10.0 Å². The zero-order valence-electron chi connectivity index (χ0n) is 12.5. The lowest BCUT2D eigenvalue weighted by Crippen LogP contribution is -2.18. The molecule has 0 atom stereocenters. The molecule has 3 rings (SSSR count). The largest absolute Gasteiger partial charge is 0.489 e. The van der Waals surface area contributed by atoms with E-state index in [0.717, 1.165) is 11.1 Å². The first-order chi connectivity index (χ1) is 11.6. The number of nitrogens with two attached hydrogens (primary N) is 1. The summed E-state index contributed by atoms with van der Waals surface area (Å²) in [5.41, 5.74) is 10.5. The molecule has 0 saturated heterocycles. The van der Waals surface area contributed by atoms with E-state index in [2.05, 4.69) is 21.0 Å². The number of ether oxygens (including phenoxy) is 1. The van der Waals surface area contributed by atoms with E-state index in [4.69, 9.17) is 33.7 Å². The van der Waals surface area contributed by atoms with Crippen molar-refractivity contribution in [2.24, 2.45) is 0 Å². The van der Waals surface area contributed by atoms with E-state index in [1.54, 1.807) is 6.07 Å². The smallest absolute Gasteiger partial charge is 0.260 e. The van der Waals surface area contributed by atoms with E-state index >= 15 is 0 Å². The summed E-state index contributed by atoms with van der Waals surface area (Å²) in [6.07, 6.45) is 0. The van der Waals surface area contributed by atoms with Gasteiger partial charge in [-0.15, -0.1) is 4.79 Å². The highest BCUT2D eigenvalue weighted by Crippen LogP contribution is 2.24. The Balaban J connectivity index is 1.70. The topological polar surface area (TPSA) is 90.9 Å². The second-order valence-corrected chi connectivity index (χ2v) is 5.82. The van der Waals surface area contributed by atoms with Crippen LogP contribution in [0.3, 0.4) is 0 Å². The van der Waals surface area contributed by atoms with Gasteiger partial charge in [0.15, 0.2) is 0 Å². The van der Waals surface area contributed by atoms with Gasteiger partial charge < -0.3 is 15.9 Å². The Hall–Kier alpha value is -2.51. The Bertz CT molecular complexity index is 821. The molecule has 1 heterocycles. The minimum atomic E-state index is 0.167. The molecule has 0 aliphatic carbocycles. The van der Waals surface area contributed by atoms with Gasteiger partial charge in [-0.3, -0.25) is 0 Å². The number of nitrogen functional groups attached to an aromatic ring is 1. The molecule has 0 amide bonds. The Labute approximate surface area is 148 Å². The van der Waals surface area contributed by atoms with Gasteiger partial charge in [0.25, 0.3) is 5.95 Å². The van der Waals surface area contributed by atoms with E-state index in [0.29, 0.717) is 28.9 Å². The number of hydrogen-bond acceptors (Lipinski definition) is 6. The molecule has 0 aliphatic rings. The van der Waals surface area contributed by atoms with Gasteiger partial charge in [0.2, 0.25) is 0 Å². The second kappa shape index (κ2) is 7.37. The Morgan fingerprint density at radius 2 is 1.83 bits per heavy atom. The predicted molar refractivity (Wildman–Crippen MR) is 92.5 cm³/mol. The molecule has 0 unspecified atom stereocenters. The van der Waals surface area contributed by atoms with Gasteiger partial charge in [-0.05, 0) is 46.3 Å². The minimum Gasteiger partial charge on any atom is -0.489 e. The van der Waals surface area contributed by atoms with E-state index in [9.17, 15) is 0 Å². The molecule has 0 fully saturated rings. The number of nitrogens with one attached hydrogen (secondary N) is 1. The predicted octanol–water partition coefficient (Wildman–Crippen LogP) is 2.88. The second-order valence-electron chi connectivity index (χ2n) is 4.95. The molecule has 0 spiro atoms. The molecule has 0 saturated carbocycles. The standard InChI is InChI=1S/C15H14Cl2N6O/c16-12-3-1-10(2-4-12)9-24-14-6-5-13(17)7-11(14)8-19-23-15(18)20-21-22-23/h1-7,19H,8-9H2,(H2,18,20,22). The normalized spacial score (nSPS) is 10.6. The number of aromatic nitrogens is 4. The van der Waals surface area contributed by atoms with Gasteiger partial charge in [-0.2, -0.15) is 0 Å². The van der Waals surface area contributed by atoms with Crippen LogP contribution in [0.4, 0.5) is 5.95 Å². The van der Waals surface area contributed by atoms with Crippen LogP contribution in [0.25, 0.3) is 0 Å². The average molecular weight is 365 g/mol. The van der Waals surface area contributed by atoms with Crippen molar-refractivity contribution in [3.05, 3.63) is 63.6 Å². The fourth-order valence-corrected chi connectivity index (χ4v) is 2.36. The minimum absolute atomic E-state index is 0.167. The molecule has 2 aromatic carbocycles. The van der Waals surface area contributed by atoms with Crippen LogP contribution in [-0.2, 0) is 13.2 Å². The van der Waals surface area contributed by atoms with Crippen molar-refractivity contribution in [3.8, 4) is 5.75 Å². The Morgan fingerprint density at radius 1 is 1.08 bits per heavy atom. The van der Waals surface area contributed by atoms with Crippen LogP contribution in [0, 0.1) is 0 Å². The van der Waals surface area contributed by atoms with Crippen LogP contribution in [0.5, 0.6) is 5.75 Å². The van der Waals surface area contributed by atoms with Gasteiger partial charge in [0, 0.05) is 15.6 Å². The van der Waals surface area contributed by atoms with Crippen LogP contribution >= 0.6 is 23.2 Å². The quantitative estimate of drug-likeness (QED) is 0.698. The lowest BCUT2D eigenvalue weighted by atomic mass is 10.2. The summed E-state index contributed by atoms with van der Waals surface area (Å²) < 4.78 is 5.88. The monoisotopic (exact) mass is 364 g/mol. The van der Waals surface area contributed by atoms with Gasteiger partial charge in [-0.25, -0.2) is 0 Å². The zero-order chi connectivity index (χ0) is 16.9. The lowest BCUT2D eigenvalue weighted by Gasteiger charge is -2.13. The molecule has 3 N–H and O–H groups in total. The van der Waals surface area contributed by atoms with Crippen LogP contribution in [0.1, 0.15) is 11.1 Å². The van der Waals surface area contributed by atoms with E-state index in [1.807, 2.05) is 36.4 Å². The van der Waals surface area contributed by atoms with Gasteiger partial charge in [0.1, 0.15) is 12.4 Å². The van der Waals surface area contributed by atoms with Crippen molar-refractivity contribution in [2.45, 2.75) is 13.2 Å². The number of tetrazole rings is 1. The maximum absolute atomic E-state index is 6.07. The summed E-state index contributed by atoms with van der Waals surface area (Å²) in [6.45, 7) is 0.810. The highest BCUT2D eigenvalue weighted by atomic mass is 35.5. The molecule has 24 heavy (non-hydrogen) atoms. The molecular formula is C15H14Cl2N6O. The summed E-state index contributed by atoms with van der Waals surface area (Å²) in [7, 11) is 0. The van der Waals surface area contributed by atoms with Crippen molar-refractivity contribution >= 4 is 29.2 Å². The third kappa shape index (κ3) is 4.06. The maximum Gasteiger partial charge on any atom is 0.260 e. The first-order valence-corrected chi connectivity index (χ1v) is 7.81. The van der Waals surface area contributed by atoms with Crippen LogP contribution < -0.4 is 15.9 Å². The maximum atomic E-state index is 6.07. The first kappa shape index (κ1) is 16.4. The van der Waals surface area contributed by atoms with Gasteiger partial charge >= 0.3 is 0 Å². The molecule has 124 valence electrons. The molecule has 9 heteroatoms. The summed E-state index contributed by atoms with van der Waals surface area (Å²) in [6, 6.07) is 12.9. The number of benzene rings is 2. The van der Waals surface area contributed by atoms with Crippen molar-refractivity contribution in [1.29, 1.82) is 0 Å². The number of anilines is 1. The van der Waals surface area contributed by atoms with E-state index < -0.39 is 0 Å². The lowest BCUT2D eigenvalue weighted by molar-refractivity contribution is 0.303. The molecule has 0 radical (unpaired) electrons. The van der Waals surface area contributed by atoms with Crippen molar-refractivity contribution in [1.82, 2.24) is 20.3 Å². The van der Waals surface area contributed by atoms with Crippen molar-refractivity contribution in [3.63, 3.8) is 0 Å². The zero-order valence-corrected chi connectivity index (χ0v) is 14.0. The Kier molecular flexibility index (Phi) is 5.02. The summed E-state index contributed by atoms with van der Waals surface area (Å²) in [5, 5.41) is 12.1. The highest BCUT2D eigenvalue weighted by Gasteiger charge is 2.07. The molecule has 3 aromatic rings. The summed E-state index contributed by atoms with van der Waals surface area (Å²) >= 11 is 12.0. The number of halogens is 2. The van der Waals surface area contributed by atoms with Crippen LogP contribution in [0.15, 0.2) is 42.5 Å². The summed E-state index contributed by atoms with van der Waals surface area (Å²) in [4.78, 5) is 1.28. The Morgan fingerprint density at radius 3 is 2.54 bits per heavy atom. The summed E-state index contributed by atoms with van der Waals surface area (Å²) in [5.74, 6) is 0.870. The number of nitrogens with zero attached hydrogens (tertiary/aromatic N) is 4. The fourth-order valence-electron chi connectivity index (χ4n) is 2.04. The van der Waals surface area contributed by atoms with Crippen molar-refractivity contribution in [2.75, 3.05) is 11.2 Å². The van der Waals surface area contributed by atoms with Gasteiger partial charge in [0.05, 0.1) is 6.54 Å². The fraction of sp³-hybridized carbons (Fsp3) is 0.133. The number of hydrogen-bond donors (Lipinski definition) is 2. The third-order valence-corrected chi connectivity index (χ3v) is 3.73. The third-order valence-electron chi connectivity index (χ3n) is 3.24. The molecule has 0 bridgehead atoms. The molecular weight excluding hydrogens is 351 g/mol. The van der Waals surface area contributed by atoms with Crippen LogP contribution in [-0.4, -0.2) is 20.3 Å². The SMILES string of the molecule is Nc1nnnn1NCc1cc(Cl)ccc1OCc1ccc(Cl)cc1. The van der Waals surface area contributed by atoms with Crippen molar-refractivity contribution < 1.29 is 4.74 Å². The number of rotatable bonds is 6. The highest BCUT2D eigenvalue weighted by molar-refractivity contribution is 6.30. The molecule has 7 nitrogen and oxygen atoms in total. The molecule has 1 aromatic heterocycles. The molecule has 0 aliphatic heterocycles. The van der Waals surface area contributed by atoms with E-state index in [1.165, 1.54) is 4.79 Å². The average Bonchev–Trinajstić information content (AvgIpc) is 2.98.